The Morgan fingerprint density at radius 3 is 2.70 bits per heavy atom. The van der Waals surface area contributed by atoms with E-state index < -0.39 is 0 Å². The van der Waals surface area contributed by atoms with Crippen LogP contribution < -0.4 is 10.5 Å². The van der Waals surface area contributed by atoms with Crippen LogP contribution in [0.5, 0.6) is 5.75 Å². The number of likely N-dealkylation sites (tertiary alicyclic amines) is 1. The van der Waals surface area contributed by atoms with E-state index >= 15 is 0 Å². The average Bonchev–Trinajstić information content (AvgIpc) is 3.40. The number of nitrogens with zero attached hydrogens (tertiary/aromatic N) is 8. The van der Waals surface area contributed by atoms with Crippen molar-refractivity contribution in [3.63, 3.8) is 0 Å². The summed E-state index contributed by atoms with van der Waals surface area (Å²) in [5, 5.41) is 5.71. The number of nitrogens with two attached hydrogens (primary N) is 1. The number of methoxy groups -OCH3 is 1. The number of fused-ring (bicyclic) bond motifs is 4. The first kappa shape index (κ1) is 27.3. The Bertz CT molecular complexity index is 2110. The summed E-state index contributed by atoms with van der Waals surface area (Å²) in [6.45, 7) is 2.09. The molecule has 46 heavy (non-hydrogen) atoms. The van der Waals surface area contributed by atoms with E-state index in [1.165, 1.54) is 12.8 Å². The summed E-state index contributed by atoms with van der Waals surface area (Å²) in [4.78, 5) is 30.2. The van der Waals surface area contributed by atoms with Crippen molar-refractivity contribution in [1.29, 1.82) is 0 Å². The standard InChI is InChI=1S/C35H35N9O2/c1-46-30-14-25(35(45)42-20-24-8-9-28(42)31(24)36)12-27-32(30)43(18-22-15-39-44(19-22)26-5-3-10-37-16-26)34(40-27)29-13-23-4-2-11-38-33(23)41(29)17-21-6-7-21/h2-5,10-16,19,21,24,28,31H,6-9,17-18,20,36H2,1H3. The summed E-state index contributed by atoms with van der Waals surface area (Å²) in [6, 6.07) is 14.1. The van der Waals surface area contributed by atoms with Crippen LogP contribution in [0.1, 0.15) is 41.6 Å². The number of hydrogen-bond acceptors (Lipinski definition) is 7. The van der Waals surface area contributed by atoms with E-state index in [2.05, 4.69) is 31.3 Å². The molecule has 6 aromatic rings. The summed E-state index contributed by atoms with van der Waals surface area (Å²) in [7, 11) is 1.65. The first-order valence-electron chi connectivity index (χ1n) is 16.1. The lowest BCUT2D eigenvalue weighted by Crippen LogP contribution is -2.41. The van der Waals surface area contributed by atoms with E-state index in [0.717, 1.165) is 58.7 Å². The van der Waals surface area contributed by atoms with Crippen molar-refractivity contribution >= 4 is 28.0 Å². The van der Waals surface area contributed by atoms with E-state index in [9.17, 15) is 4.79 Å². The van der Waals surface area contributed by atoms with Crippen molar-refractivity contribution in [3.8, 4) is 23.0 Å². The summed E-state index contributed by atoms with van der Waals surface area (Å²) >= 11 is 0. The lowest BCUT2D eigenvalue weighted by molar-refractivity contribution is 0.0700. The number of carbonyl (C=O) groups is 1. The number of aromatic nitrogens is 7. The number of imidazole rings is 1. The van der Waals surface area contributed by atoms with Gasteiger partial charge in [-0.05, 0) is 80.0 Å². The second kappa shape index (κ2) is 10.5. The quantitative estimate of drug-likeness (QED) is 0.265. The largest absolute Gasteiger partial charge is 0.494 e. The molecule has 3 atom stereocenters. The third-order valence-corrected chi connectivity index (χ3v) is 10.1. The molecule has 3 aliphatic rings. The van der Waals surface area contributed by atoms with Crippen LogP contribution in [0.25, 0.3) is 39.3 Å². The van der Waals surface area contributed by atoms with Crippen LogP contribution in [0.4, 0.5) is 0 Å². The second-order valence-electron chi connectivity index (χ2n) is 13.0. The van der Waals surface area contributed by atoms with Gasteiger partial charge in [0.1, 0.15) is 16.9 Å². The highest BCUT2D eigenvalue weighted by molar-refractivity contribution is 6.00. The van der Waals surface area contributed by atoms with Crippen molar-refractivity contribution in [1.82, 2.24) is 38.8 Å². The molecule has 1 aliphatic heterocycles. The third kappa shape index (κ3) is 4.40. The fourth-order valence-electron chi connectivity index (χ4n) is 7.58. The zero-order valence-corrected chi connectivity index (χ0v) is 25.7. The van der Waals surface area contributed by atoms with Crippen molar-refractivity contribution < 1.29 is 9.53 Å². The predicted octanol–water partition coefficient (Wildman–Crippen LogP) is 4.66. The first-order chi connectivity index (χ1) is 22.6. The number of carbonyl (C=O) groups excluding carboxylic acids is 1. The number of ether oxygens (including phenoxy) is 1. The number of piperidine rings is 1. The van der Waals surface area contributed by atoms with Gasteiger partial charge in [-0.15, -0.1) is 0 Å². The van der Waals surface area contributed by atoms with E-state index in [1.807, 2.05) is 58.5 Å². The number of hydrogen-bond donors (Lipinski definition) is 1. The fraction of sp³-hybridized carbons (Fsp3) is 0.343. The molecule has 0 spiro atoms. The van der Waals surface area contributed by atoms with Gasteiger partial charge in [-0.1, -0.05) is 0 Å². The first-order valence-corrected chi connectivity index (χ1v) is 16.1. The Morgan fingerprint density at radius 2 is 1.93 bits per heavy atom. The van der Waals surface area contributed by atoms with Gasteiger partial charge >= 0.3 is 0 Å². The van der Waals surface area contributed by atoms with Gasteiger partial charge in [-0.25, -0.2) is 14.6 Å². The molecule has 2 bridgehead atoms. The van der Waals surface area contributed by atoms with E-state index in [1.54, 1.807) is 19.5 Å². The molecule has 2 N–H and O–H groups in total. The van der Waals surface area contributed by atoms with Crippen molar-refractivity contribution in [2.75, 3.05) is 13.7 Å². The Hall–Kier alpha value is -5.03. The molecule has 3 fully saturated rings. The summed E-state index contributed by atoms with van der Waals surface area (Å²) in [5.41, 5.74) is 12.4. The van der Waals surface area contributed by atoms with Crippen LogP contribution in [-0.4, -0.2) is 70.4 Å². The molecular formula is C35H35N9O2. The molecule has 2 saturated carbocycles. The monoisotopic (exact) mass is 613 g/mol. The molecule has 1 amide bonds. The Kier molecular flexibility index (Phi) is 6.24. The second-order valence-corrected chi connectivity index (χ2v) is 13.0. The Balaban J connectivity index is 1.20. The van der Waals surface area contributed by atoms with Crippen LogP contribution >= 0.6 is 0 Å². The smallest absolute Gasteiger partial charge is 0.254 e. The van der Waals surface area contributed by atoms with Gasteiger partial charge in [0.05, 0.1) is 42.9 Å². The summed E-state index contributed by atoms with van der Waals surface area (Å²) in [5.74, 6) is 2.40. The lowest BCUT2D eigenvalue weighted by Gasteiger charge is -2.27. The Labute approximate surface area is 265 Å². The van der Waals surface area contributed by atoms with Gasteiger partial charge in [-0.2, -0.15) is 5.10 Å². The van der Waals surface area contributed by atoms with Gasteiger partial charge in [0, 0.05) is 60.3 Å². The molecule has 2 aliphatic carbocycles. The maximum absolute atomic E-state index is 13.9. The van der Waals surface area contributed by atoms with Crippen molar-refractivity contribution in [3.05, 3.63) is 84.6 Å². The maximum atomic E-state index is 13.9. The van der Waals surface area contributed by atoms with Gasteiger partial charge in [-0.3, -0.25) is 9.78 Å². The zero-order valence-electron chi connectivity index (χ0n) is 25.7. The van der Waals surface area contributed by atoms with Gasteiger partial charge < -0.3 is 24.5 Å². The highest BCUT2D eigenvalue weighted by atomic mass is 16.5. The Morgan fingerprint density at radius 1 is 1.04 bits per heavy atom. The molecule has 9 rings (SSSR count). The number of amides is 1. The molecule has 1 aromatic carbocycles. The molecule has 6 heterocycles. The highest BCUT2D eigenvalue weighted by Crippen LogP contribution is 2.40. The maximum Gasteiger partial charge on any atom is 0.254 e. The highest BCUT2D eigenvalue weighted by Gasteiger charge is 2.47. The third-order valence-electron chi connectivity index (χ3n) is 10.1. The van der Waals surface area contributed by atoms with Crippen molar-refractivity contribution in [2.24, 2.45) is 17.6 Å². The summed E-state index contributed by atoms with van der Waals surface area (Å²) in [6.07, 6.45) is 13.8. The number of benzene rings is 1. The van der Waals surface area contributed by atoms with E-state index in [-0.39, 0.29) is 18.0 Å². The van der Waals surface area contributed by atoms with E-state index in [4.69, 9.17) is 20.4 Å². The van der Waals surface area contributed by atoms with Crippen LogP contribution in [0.2, 0.25) is 0 Å². The van der Waals surface area contributed by atoms with Crippen LogP contribution in [0.3, 0.4) is 0 Å². The van der Waals surface area contributed by atoms with Gasteiger partial charge in [0.25, 0.3) is 5.91 Å². The average molecular weight is 614 g/mol. The van der Waals surface area contributed by atoms with E-state index in [0.29, 0.717) is 41.8 Å². The fourth-order valence-corrected chi connectivity index (χ4v) is 7.58. The minimum Gasteiger partial charge on any atom is -0.494 e. The molecule has 11 nitrogen and oxygen atoms in total. The molecule has 0 radical (unpaired) electrons. The minimum atomic E-state index is -0.0104. The van der Waals surface area contributed by atoms with Crippen molar-refractivity contribution in [2.45, 2.75) is 50.9 Å². The molecular weight excluding hydrogens is 578 g/mol. The minimum absolute atomic E-state index is 0.0104. The normalized spacial score (nSPS) is 20.7. The lowest BCUT2D eigenvalue weighted by atomic mass is 10.1. The molecule has 5 aromatic heterocycles. The number of pyridine rings is 2. The van der Waals surface area contributed by atoms with Crippen LogP contribution in [-0.2, 0) is 13.1 Å². The molecule has 232 valence electrons. The molecule has 11 heteroatoms. The van der Waals surface area contributed by atoms with Crippen LogP contribution in [0, 0.1) is 11.8 Å². The topological polar surface area (TPSA) is 122 Å². The SMILES string of the molecule is COc1cc(C(=O)N2CC3CCC2C3N)cc2nc(-c3cc4cccnc4n3CC3CC3)n(Cc3cnn(-c4cccnc4)c3)c12. The van der Waals surface area contributed by atoms with Gasteiger partial charge in [0.15, 0.2) is 5.82 Å². The van der Waals surface area contributed by atoms with Crippen LogP contribution in [0.15, 0.2) is 73.4 Å². The van der Waals surface area contributed by atoms with Gasteiger partial charge in [0.2, 0.25) is 0 Å². The predicted molar refractivity (Wildman–Crippen MR) is 174 cm³/mol. The zero-order chi connectivity index (χ0) is 30.9. The number of rotatable bonds is 8. The summed E-state index contributed by atoms with van der Waals surface area (Å²) < 4.78 is 12.4. The molecule has 3 unspecified atom stereocenters. The molecule has 1 saturated heterocycles.